The summed E-state index contributed by atoms with van der Waals surface area (Å²) < 4.78 is 32.0. The number of para-hydroxylation sites is 2. The fraction of sp³-hybridized carbons (Fsp3) is 0.429. The zero-order valence-electron chi connectivity index (χ0n) is 11.8. The van der Waals surface area contributed by atoms with Gasteiger partial charge in [0.2, 0.25) is 0 Å². The molecule has 2 rings (SSSR count). The third kappa shape index (κ3) is 3.72. The SMILES string of the molecule is COC(=O)C[C@H](C)SCc1nc2ccccc2n1C(F)F. The van der Waals surface area contributed by atoms with Crippen molar-refractivity contribution in [1.82, 2.24) is 9.55 Å². The van der Waals surface area contributed by atoms with Crippen LogP contribution in [0.15, 0.2) is 24.3 Å². The van der Waals surface area contributed by atoms with Crippen LogP contribution in [0.5, 0.6) is 0 Å². The summed E-state index contributed by atoms with van der Waals surface area (Å²) in [5, 5.41) is -0.0246. The van der Waals surface area contributed by atoms with Gasteiger partial charge in [-0.3, -0.25) is 9.36 Å². The minimum atomic E-state index is -2.64. The Labute approximate surface area is 125 Å². The van der Waals surface area contributed by atoms with E-state index in [1.165, 1.54) is 18.9 Å². The Balaban J connectivity index is 2.14. The fourth-order valence-electron chi connectivity index (χ4n) is 2.01. The van der Waals surface area contributed by atoms with Gasteiger partial charge in [-0.1, -0.05) is 19.1 Å². The number of alkyl halides is 2. The highest BCUT2D eigenvalue weighted by molar-refractivity contribution is 7.99. The van der Waals surface area contributed by atoms with Crippen molar-refractivity contribution >= 4 is 28.8 Å². The molecule has 0 radical (unpaired) electrons. The smallest absolute Gasteiger partial charge is 0.320 e. The number of rotatable bonds is 6. The van der Waals surface area contributed by atoms with E-state index >= 15 is 0 Å². The molecule has 7 heteroatoms. The first kappa shape index (κ1) is 15.8. The second-order valence-electron chi connectivity index (χ2n) is 4.57. The molecule has 0 bridgehead atoms. The molecule has 4 nitrogen and oxygen atoms in total. The molecule has 21 heavy (non-hydrogen) atoms. The predicted molar refractivity (Wildman–Crippen MR) is 78.4 cm³/mol. The van der Waals surface area contributed by atoms with Crippen LogP contribution in [-0.4, -0.2) is 27.9 Å². The number of ether oxygens (including phenoxy) is 1. The normalized spacial score (nSPS) is 12.8. The third-order valence-corrected chi connectivity index (χ3v) is 4.20. The highest BCUT2D eigenvalue weighted by atomic mass is 32.2. The number of imidazole rings is 1. The maximum Gasteiger partial charge on any atom is 0.320 e. The molecular formula is C14H16F2N2O2S. The number of aromatic nitrogens is 2. The van der Waals surface area contributed by atoms with Gasteiger partial charge in [-0.2, -0.15) is 20.5 Å². The Morgan fingerprint density at radius 3 is 2.81 bits per heavy atom. The lowest BCUT2D eigenvalue weighted by atomic mass is 10.3. The van der Waals surface area contributed by atoms with Crippen molar-refractivity contribution in [3.05, 3.63) is 30.1 Å². The van der Waals surface area contributed by atoms with E-state index in [1.54, 1.807) is 24.3 Å². The molecule has 2 aromatic rings. The maximum absolute atomic E-state index is 13.2. The van der Waals surface area contributed by atoms with Gasteiger partial charge < -0.3 is 4.74 Å². The molecule has 0 amide bonds. The first-order valence-corrected chi connectivity index (χ1v) is 7.50. The summed E-state index contributed by atoms with van der Waals surface area (Å²) in [5.74, 6) is 0.322. The van der Waals surface area contributed by atoms with Crippen LogP contribution < -0.4 is 0 Å². The van der Waals surface area contributed by atoms with Crippen LogP contribution in [0.25, 0.3) is 11.0 Å². The topological polar surface area (TPSA) is 44.1 Å². The largest absolute Gasteiger partial charge is 0.469 e. The minimum Gasteiger partial charge on any atom is -0.469 e. The van der Waals surface area contributed by atoms with Gasteiger partial charge in [-0.15, -0.1) is 0 Å². The molecule has 0 aliphatic rings. The van der Waals surface area contributed by atoms with Gasteiger partial charge in [0.05, 0.1) is 30.3 Å². The number of fused-ring (bicyclic) bond motifs is 1. The zero-order chi connectivity index (χ0) is 15.4. The van der Waals surface area contributed by atoms with E-state index in [4.69, 9.17) is 0 Å². The first-order valence-electron chi connectivity index (χ1n) is 6.45. The number of carbonyl (C=O) groups excluding carboxylic acids is 1. The van der Waals surface area contributed by atoms with Crippen LogP contribution in [0.3, 0.4) is 0 Å². The lowest BCUT2D eigenvalue weighted by molar-refractivity contribution is -0.140. The average Bonchev–Trinajstić information content (AvgIpc) is 2.83. The highest BCUT2D eigenvalue weighted by Gasteiger charge is 2.18. The molecule has 0 aliphatic carbocycles. The van der Waals surface area contributed by atoms with Crippen molar-refractivity contribution in [3.8, 4) is 0 Å². The van der Waals surface area contributed by atoms with E-state index in [0.717, 1.165) is 4.57 Å². The van der Waals surface area contributed by atoms with Crippen molar-refractivity contribution in [1.29, 1.82) is 0 Å². The van der Waals surface area contributed by atoms with Gasteiger partial charge in [0, 0.05) is 5.25 Å². The predicted octanol–water partition coefficient (Wildman–Crippen LogP) is 3.62. The Bertz CT molecular complexity index is 630. The number of benzene rings is 1. The molecular weight excluding hydrogens is 298 g/mol. The zero-order valence-corrected chi connectivity index (χ0v) is 12.6. The third-order valence-electron chi connectivity index (χ3n) is 3.04. The van der Waals surface area contributed by atoms with Crippen LogP contribution in [0, 0.1) is 0 Å². The second-order valence-corrected chi connectivity index (χ2v) is 5.99. The van der Waals surface area contributed by atoms with Gasteiger partial charge in [0.1, 0.15) is 5.82 Å². The second kappa shape index (κ2) is 6.89. The Morgan fingerprint density at radius 2 is 2.14 bits per heavy atom. The number of esters is 1. The van der Waals surface area contributed by atoms with Crippen LogP contribution in [-0.2, 0) is 15.3 Å². The molecule has 1 atom stereocenters. The van der Waals surface area contributed by atoms with E-state index in [1.807, 2.05) is 6.92 Å². The van der Waals surface area contributed by atoms with Gasteiger partial charge in [0.15, 0.2) is 0 Å². The quantitative estimate of drug-likeness (QED) is 0.764. The molecule has 1 aromatic carbocycles. The molecule has 0 N–H and O–H groups in total. The van der Waals surface area contributed by atoms with Crippen molar-refractivity contribution in [2.24, 2.45) is 0 Å². The fourth-order valence-corrected chi connectivity index (χ4v) is 2.90. The summed E-state index contributed by atoms with van der Waals surface area (Å²) >= 11 is 1.40. The van der Waals surface area contributed by atoms with E-state index in [2.05, 4.69) is 9.72 Å². The van der Waals surface area contributed by atoms with E-state index in [0.29, 0.717) is 22.6 Å². The summed E-state index contributed by atoms with van der Waals surface area (Å²) in [7, 11) is 1.33. The number of hydrogen-bond donors (Lipinski definition) is 0. The van der Waals surface area contributed by atoms with E-state index in [-0.39, 0.29) is 17.6 Å². The summed E-state index contributed by atoms with van der Waals surface area (Å²) in [6, 6.07) is 6.81. The summed E-state index contributed by atoms with van der Waals surface area (Å²) in [5.41, 5.74) is 0.970. The molecule has 1 heterocycles. The van der Waals surface area contributed by atoms with Crippen LogP contribution >= 0.6 is 11.8 Å². The Kier molecular flexibility index (Phi) is 5.17. The monoisotopic (exact) mass is 314 g/mol. The van der Waals surface area contributed by atoms with Crippen molar-refractivity contribution in [2.45, 2.75) is 30.9 Å². The van der Waals surface area contributed by atoms with Gasteiger partial charge in [-0.25, -0.2) is 4.98 Å². The molecule has 0 aliphatic heterocycles. The van der Waals surface area contributed by atoms with Gasteiger partial charge in [-0.05, 0) is 12.1 Å². The van der Waals surface area contributed by atoms with Crippen molar-refractivity contribution in [2.75, 3.05) is 7.11 Å². The van der Waals surface area contributed by atoms with Crippen LogP contribution in [0.4, 0.5) is 8.78 Å². The van der Waals surface area contributed by atoms with Gasteiger partial charge >= 0.3 is 12.5 Å². The number of halogens is 2. The molecule has 114 valence electrons. The Morgan fingerprint density at radius 1 is 1.43 bits per heavy atom. The number of hydrogen-bond acceptors (Lipinski definition) is 4. The molecule has 0 saturated heterocycles. The molecule has 1 aromatic heterocycles. The minimum absolute atomic E-state index is 0.0246. The van der Waals surface area contributed by atoms with Crippen LogP contribution in [0.2, 0.25) is 0 Å². The summed E-state index contributed by atoms with van der Waals surface area (Å²) in [6.45, 7) is -0.777. The number of carbonyl (C=O) groups is 1. The first-order chi connectivity index (χ1) is 10.0. The van der Waals surface area contributed by atoms with Crippen molar-refractivity contribution < 1.29 is 18.3 Å². The molecule has 0 unspecified atom stereocenters. The summed E-state index contributed by atoms with van der Waals surface area (Å²) in [4.78, 5) is 15.4. The highest BCUT2D eigenvalue weighted by Crippen LogP contribution is 2.27. The average molecular weight is 314 g/mol. The van der Waals surface area contributed by atoms with Crippen molar-refractivity contribution in [3.63, 3.8) is 0 Å². The van der Waals surface area contributed by atoms with E-state index in [9.17, 15) is 13.6 Å². The van der Waals surface area contributed by atoms with E-state index < -0.39 is 6.55 Å². The lowest BCUT2D eigenvalue weighted by Crippen LogP contribution is -2.10. The number of thioether (sulfide) groups is 1. The molecule has 0 saturated carbocycles. The maximum atomic E-state index is 13.2. The molecule has 0 spiro atoms. The number of nitrogens with zero attached hydrogens (tertiary/aromatic N) is 2. The van der Waals surface area contributed by atoms with Gasteiger partial charge in [0.25, 0.3) is 0 Å². The Hall–Kier alpha value is -1.63. The van der Waals surface area contributed by atoms with Crippen LogP contribution in [0.1, 0.15) is 25.7 Å². The molecule has 0 fully saturated rings. The number of methoxy groups -OCH3 is 1. The summed E-state index contributed by atoms with van der Waals surface area (Å²) in [6.07, 6.45) is 0.246. The lowest BCUT2D eigenvalue weighted by Gasteiger charge is -2.11. The standard InChI is InChI=1S/C14H16F2N2O2S/c1-9(7-13(19)20-2)21-8-12-17-10-5-3-4-6-11(10)18(12)14(15)16/h3-6,9,14H,7-8H2,1-2H3/t9-/m0/s1.